The highest BCUT2D eigenvalue weighted by atomic mass is 16.4. The molecule has 1 fully saturated rings. The highest BCUT2D eigenvalue weighted by molar-refractivity contribution is 5.69. The lowest BCUT2D eigenvalue weighted by Gasteiger charge is -2.25. The van der Waals surface area contributed by atoms with Crippen molar-refractivity contribution in [2.24, 2.45) is 0 Å². The summed E-state index contributed by atoms with van der Waals surface area (Å²) in [6, 6.07) is 0.167. The van der Waals surface area contributed by atoms with Gasteiger partial charge in [0.1, 0.15) is 6.04 Å². The molecule has 1 aliphatic heterocycles. The minimum absolute atomic E-state index is 0.288. The number of carbonyl (C=O) groups is 1. The molecule has 2 N–H and O–H groups in total. The second-order valence-electron chi connectivity index (χ2n) is 3.03. The van der Waals surface area contributed by atoms with Crippen LogP contribution in [0.15, 0.2) is 0 Å². The van der Waals surface area contributed by atoms with E-state index in [0.717, 1.165) is 19.3 Å². The van der Waals surface area contributed by atoms with Crippen molar-refractivity contribution < 1.29 is 15.2 Å². The molecule has 0 aromatic rings. The normalized spacial score (nSPS) is 33.7. The van der Waals surface area contributed by atoms with Gasteiger partial charge in [-0.2, -0.15) is 0 Å². The van der Waals surface area contributed by atoms with E-state index < -0.39 is 5.97 Å². The van der Waals surface area contributed by atoms with Crippen LogP contribution in [0.4, 0.5) is 0 Å². The van der Waals surface area contributed by atoms with Gasteiger partial charge in [-0.3, -0.25) is 0 Å². The zero-order chi connectivity index (χ0) is 7.56. The number of rotatable bonds is 1. The summed E-state index contributed by atoms with van der Waals surface area (Å²) in [5.41, 5.74) is 0. The Kier molecular flexibility index (Phi) is 2.27. The SMILES string of the molecule is C[C@@H]1CCC[C@@H](C(=O)[O-])[NH2+]1. The second-order valence-corrected chi connectivity index (χ2v) is 3.03. The molecule has 10 heavy (non-hydrogen) atoms. The number of carboxylic acid groups (broad SMARTS) is 1. The van der Waals surface area contributed by atoms with E-state index >= 15 is 0 Å². The average molecular weight is 143 g/mol. The van der Waals surface area contributed by atoms with Crippen molar-refractivity contribution in [1.29, 1.82) is 0 Å². The van der Waals surface area contributed by atoms with Crippen LogP contribution in [0.25, 0.3) is 0 Å². The smallest absolute Gasteiger partial charge is 0.126 e. The Balaban J connectivity index is 2.39. The van der Waals surface area contributed by atoms with Gasteiger partial charge in [0.25, 0.3) is 0 Å². The number of aliphatic carboxylic acids is 1. The molecule has 0 radical (unpaired) electrons. The Morgan fingerprint density at radius 3 is 2.70 bits per heavy atom. The monoisotopic (exact) mass is 143 g/mol. The standard InChI is InChI=1S/C7H13NO2/c1-5-3-2-4-6(8-5)7(9)10/h5-6,8H,2-4H2,1H3,(H,9,10)/t5-,6+/m1/s1. The molecule has 0 spiro atoms. The summed E-state index contributed by atoms with van der Waals surface area (Å²) in [4.78, 5) is 10.4. The summed E-state index contributed by atoms with van der Waals surface area (Å²) in [6.07, 6.45) is 2.92. The Bertz CT molecular complexity index is 136. The molecule has 3 heteroatoms. The van der Waals surface area contributed by atoms with Crippen LogP contribution in [0.3, 0.4) is 0 Å². The fourth-order valence-electron chi connectivity index (χ4n) is 1.45. The molecule has 1 aliphatic rings. The number of carbonyl (C=O) groups excluding carboxylic acids is 1. The lowest BCUT2D eigenvalue weighted by Crippen LogP contribution is -2.98. The maximum Gasteiger partial charge on any atom is 0.126 e. The van der Waals surface area contributed by atoms with Crippen molar-refractivity contribution in [3.63, 3.8) is 0 Å². The Morgan fingerprint density at radius 2 is 2.30 bits per heavy atom. The van der Waals surface area contributed by atoms with E-state index in [1.54, 1.807) is 0 Å². The van der Waals surface area contributed by atoms with Crippen molar-refractivity contribution >= 4 is 5.97 Å². The molecule has 58 valence electrons. The number of nitrogens with two attached hydrogens (primary N) is 1. The van der Waals surface area contributed by atoms with E-state index in [1.165, 1.54) is 0 Å². The van der Waals surface area contributed by atoms with E-state index in [9.17, 15) is 9.90 Å². The van der Waals surface area contributed by atoms with E-state index in [0.29, 0.717) is 6.04 Å². The summed E-state index contributed by atoms with van der Waals surface area (Å²) in [5.74, 6) is -0.911. The molecule has 3 nitrogen and oxygen atoms in total. The number of piperidine rings is 1. The molecule has 2 atom stereocenters. The predicted molar refractivity (Wildman–Crippen MR) is 34.0 cm³/mol. The fraction of sp³-hybridized carbons (Fsp3) is 0.857. The van der Waals surface area contributed by atoms with Crippen molar-refractivity contribution in [2.45, 2.75) is 38.3 Å². The third-order valence-corrected chi connectivity index (χ3v) is 2.04. The molecule has 1 rings (SSSR count). The van der Waals surface area contributed by atoms with Gasteiger partial charge in [-0.15, -0.1) is 0 Å². The van der Waals surface area contributed by atoms with Gasteiger partial charge in [0.15, 0.2) is 0 Å². The third-order valence-electron chi connectivity index (χ3n) is 2.04. The Morgan fingerprint density at radius 1 is 1.60 bits per heavy atom. The topological polar surface area (TPSA) is 56.7 Å². The van der Waals surface area contributed by atoms with Crippen LogP contribution in [0.1, 0.15) is 26.2 Å². The van der Waals surface area contributed by atoms with Gasteiger partial charge in [0.05, 0.1) is 12.0 Å². The molecular weight excluding hydrogens is 130 g/mol. The van der Waals surface area contributed by atoms with Gasteiger partial charge in [0.2, 0.25) is 0 Å². The quantitative estimate of drug-likeness (QED) is 0.473. The minimum Gasteiger partial charge on any atom is -0.544 e. The average Bonchev–Trinajstić information content (AvgIpc) is 1.88. The summed E-state index contributed by atoms with van der Waals surface area (Å²) in [7, 11) is 0. The highest BCUT2D eigenvalue weighted by Crippen LogP contribution is 2.04. The lowest BCUT2D eigenvalue weighted by atomic mass is 10.00. The largest absolute Gasteiger partial charge is 0.544 e. The third kappa shape index (κ3) is 1.70. The zero-order valence-corrected chi connectivity index (χ0v) is 6.17. The molecule has 1 heterocycles. The maximum atomic E-state index is 10.4. The predicted octanol–water partition coefficient (Wildman–Crippen LogP) is -1.76. The minimum atomic E-state index is -0.911. The van der Waals surface area contributed by atoms with Crippen LogP contribution in [0.5, 0.6) is 0 Å². The Hall–Kier alpha value is -0.570. The summed E-state index contributed by atoms with van der Waals surface area (Å²) >= 11 is 0. The van der Waals surface area contributed by atoms with Gasteiger partial charge in [-0.05, 0) is 19.8 Å². The first kappa shape index (κ1) is 7.54. The van der Waals surface area contributed by atoms with E-state index in [1.807, 2.05) is 5.32 Å². The molecule has 0 aromatic heterocycles. The van der Waals surface area contributed by atoms with Crippen LogP contribution in [-0.2, 0) is 4.79 Å². The maximum absolute atomic E-state index is 10.4. The van der Waals surface area contributed by atoms with Crippen molar-refractivity contribution in [2.75, 3.05) is 0 Å². The molecule has 0 bridgehead atoms. The number of hydrogen-bond donors (Lipinski definition) is 1. The summed E-state index contributed by atoms with van der Waals surface area (Å²) in [5, 5.41) is 12.2. The molecule has 1 saturated heterocycles. The van der Waals surface area contributed by atoms with Crippen LogP contribution in [-0.4, -0.2) is 18.1 Å². The van der Waals surface area contributed by atoms with E-state index in [4.69, 9.17) is 0 Å². The van der Waals surface area contributed by atoms with Crippen LogP contribution in [0.2, 0.25) is 0 Å². The van der Waals surface area contributed by atoms with Gasteiger partial charge in [-0.1, -0.05) is 0 Å². The van der Waals surface area contributed by atoms with Gasteiger partial charge in [-0.25, -0.2) is 0 Å². The highest BCUT2D eigenvalue weighted by Gasteiger charge is 2.21. The van der Waals surface area contributed by atoms with Gasteiger partial charge >= 0.3 is 0 Å². The zero-order valence-electron chi connectivity index (χ0n) is 6.17. The number of hydrogen-bond acceptors (Lipinski definition) is 2. The Labute approximate surface area is 60.4 Å². The lowest BCUT2D eigenvalue weighted by molar-refractivity contribution is -0.720. The van der Waals surface area contributed by atoms with Crippen molar-refractivity contribution in [3.8, 4) is 0 Å². The van der Waals surface area contributed by atoms with Crippen LogP contribution < -0.4 is 10.4 Å². The first-order valence-electron chi connectivity index (χ1n) is 3.76. The van der Waals surface area contributed by atoms with Crippen LogP contribution in [0, 0.1) is 0 Å². The number of carboxylic acids is 1. The van der Waals surface area contributed by atoms with E-state index in [-0.39, 0.29) is 6.04 Å². The first-order valence-corrected chi connectivity index (χ1v) is 3.76. The summed E-state index contributed by atoms with van der Waals surface area (Å²) in [6.45, 7) is 2.05. The number of quaternary nitrogens is 1. The molecule has 0 unspecified atom stereocenters. The molecule has 0 saturated carbocycles. The molecule has 0 aliphatic carbocycles. The van der Waals surface area contributed by atoms with Crippen molar-refractivity contribution in [1.82, 2.24) is 0 Å². The summed E-state index contributed by atoms with van der Waals surface area (Å²) < 4.78 is 0. The second kappa shape index (κ2) is 3.01. The van der Waals surface area contributed by atoms with Gasteiger partial charge < -0.3 is 15.2 Å². The molecule has 0 aromatic carbocycles. The van der Waals surface area contributed by atoms with Crippen LogP contribution >= 0.6 is 0 Å². The van der Waals surface area contributed by atoms with Gasteiger partial charge in [0, 0.05) is 6.42 Å². The first-order chi connectivity index (χ1) is 4.70. The fourth-order valence-corrected chi connectivity index (χ4v) is 1.45. The molecule has 0 amide bonds. The van der Waals surface area contributed by atoms with Crippen molar-refractivity contribution in [3.05, 3.63) is 0 Å². The van der Waals surface area contributed by atoms with E-state index in [2.05, 4.69) is 6.92 Å². The molecular formula is C7H13NO2.